The maximum atomic E-state index is 12.8. The summed E-state index contributed by atoms with van der Waals surface area (Å²) in [5.41, 5.74) is -1.14. The molecule has 2 N–H and O–H groups in total. The van der Waals surface area contributed by atoms with E-state index in [4.69, 9.17) is 9.84 Å². The van der Waals surface area contributed by atoms with E-state index < -0.39 is 23.3 Å². The molecule has 0 heterocycles. The van der Waals surface area contributed by atoms with E-state index in [1.54, 1.807) is 6.92 Å². The molecule has 108 valence electrons. The molecule has 19 heavy (non-hydrogen) atoms. The zero-order valence-electron chi connectivity index (χ0n) is 10.3. The van der Waals surface area contributed by atoms with Gasteiger partial charge < -0.3 is 15.2 Å². The number of benzene rings is 1. The third kappa shape index (κ3) is 5.04. The van der Waals surface area contributed by atoms with Crippen LogP contribution in [0.1, 0.15) is 12.5 Å². The Kier molecular flexibility index (Phi) is 5.56. The average molecular weight is 281 g/mol. The summed E-state index contributed by atoms with van der Waals surface area (Å²) in [7, 11) is 0. The highest BCUT2D eigenvalue weighted by atomic mass is 19.4. The maximum absolute atomic E-state index is 12.8. The first-order valence-electron chi connectivity index (χ1n) is 5.68. The molecule has 0 amide bonds. The molecule has 0 saturated carbocycles. The molecule has 0 aromatic heterocycles. The van der Waals surface area contributed by atoms with Crippen molar-refractivity contribution in [2.45, 2.75) is 19.1 Å². The quantitative estimate of drug-likeness (QED) is 0.785. The van der Waals surface area contributed by atoms with Crippen LogP contribution in [0.4, 0.5) is 17.6 Å². The van der Waals surface area contributed by atoms with E-state index in [2.05, 4.69) is 5.32 Å². The molecule has 0 aliphatic heterocycles. The minimum atomic E-state index is -4.67. The Hall–Kier alpha value is -1.34. The van der Waals surface area contributed by atoms with Gasteiger partial charge in [0, 0.05) is 12.6 Å². The van der Waals surface area contributed by atoms with Gasteiger partial charge in [-0.1, -0.05) is 0 Å². The minimum Gasteiger partial charge on any atom is -0.491 e. The lowest BCUT2D eigenvalue weighted by atomic mass is 10.2. The van der Waals surface area contributed by atoms with Crippen molar-refractivity contribution in [2.75, 3.05) is 19.8 Å². The summed E-state index contributed by atoms with van der Waals surface area (Å²) in [6, 6.07) is 2.03. The Balaban J connectivity index is 2.73. The molecule has 1 atom stereocenters. The lowest BCUT2D eigenvalue weighted by Gasteiger charge is -2.17. The van der Waals surface area contributed by atoms with Crippen LogP contribution in [0.15, 0.2) is 18.2 Å². The highest BCUT2D eigenvalue weighted by Gasteiger charge is 2.34. The Bertz CT molecular complexity index is 409. The van der Waals surface area contributed by atoms with Crippen molar-refractivity contribution in [3.8, 4) is 5.75 Å². The highest BCUT2D eigenvalue weighted by molar-refractivity contribution is 5.36. The van der Waals surface area contributed by atoms with E-state index in [0.717, 1.165) is 12.1 Å². The van der Waals surface area contributed by atoms with Crippen LogP contribution in [0.5, 0.6) is 5.75 Å². The standard InChI is InChI=1S/C12H15F4NO2/c1-8(17-4-5-18)7-19-11-3-2-9(13)6-10(11)12(14,15)16/h2-3,6,8,17-18H,4-5,7H2,1H3. The van der Waals surface area contributed by atoms with Crippen LogP contribution < -0.4 is 10.1 Å². The number of aliphatic hydroxyl groups excluding tert-OH is 1. The van der Waals surface area contributed by atoms with Gasteiger partial charge in [-0.05, 0) is 25.1 Å². The SMILES string of the molecule is CC(COc1ccc(F)cc1C(F)(F)F)NCCO. The van der Waals surface area contributed by atoms with E-state index in [9.17, 15) is 17.6 Å². The average Bonchev–Trinajstić information content (AvgIpc) is 2.33. The lowest BCUT2D eigenvalue weighted by Crippen LogP contribution is -2.34. The monoisotopic (exact) mass is 281 g/mol. The Labute approximate surface area is 108 Å². The lowest BCUT2D eigenvalue weighted by molar-refractivity contribution is -0.139. The summed E-state index contributed by atoms with van der Waals surface area (Å²) in [5.74, 6) is -1.38. The van der Waals surface area contributed by atoms with Crippen LogP contribution in [0, 0.1) is 5.82 Å². The van der Waals surface area contributed by atoms with Gasteiger partial charge in [-0.15, -0.1) is 0 Å². The zero-order valence-corrected chi connectivity index (χ0v) is 10.3. The molecule has 0 radical (unpaired) electrons. The number of ether oxygens (including phenoxy) is 1. The second-order valence-electron chi connectivity index (χ2n) is 4.03. The van der Waals surface area contributed by atoms with Crippen LogP contribution in [0.2, 0.25) is 0 Å². The second kappa shape index (κ2) is 6.72. The van der Waals surface area contributed by atoms with Gasteiger partial charge in [0.2, 0.25) is 0 Å². The fourth-order valence-corrected chi connectivity index (χ4v) is 1.43. The summed E-state index contributed by atoms with van der Waals surface area (Å²) in [5, 5.41) is 11.4. The van der Waals surface area contributed by atoms with Crippen molar-refractivity contribution in [1.29, 1.82) is 0 Å². The third-order valence-corrected chi connectivity index (χ3v) is 2.34. The minimum absolute atomic E-state index is 0.0191. The van der Waals surface area contributed by atoms with Gasteiger partial charge in [0.1, 0.15) is 23.7 Å². The van der Waals surface area contributed by atoms with Crippen molar-refractivity contribution in [3.63, 3.8) is 0 Å². The first kappa shape index (κ1) is 15.7. The number of nitrogens with one attached hydrogen (secondary N) is 1. The Morgan fingerprint density at radius 3 is 2.63 bits per heavy atom. The fourth-order valence-electron chi connectivity index (χ4n) is 1.43. The Morgan fingerprint density at radius 1 is 1.37 bits per heavy atom. The van der Waals surface area contributed by atoms with Gasteiger partial charge in [-0.2, -0.15) is 13.2 Å². The molecule has 1 aromatic rings. The number of aliphatic hydroxyl groups is 1. The van der Waals surface area contributed by atoms with Gasteiger partial charge in [0.15, 0.2) is 0 Å². The van der Waals surface area contributed by atoms with Crippen molar-refractivity contribution < 1.29 is 27.4 Å². The van der Waals surface area contributed by atoms with Crippen LogP contribution >= 0.6 is 0 Å². The van der Waals surface area contributed by atoms with E-state index >= 15 is 0 Å². The molecule has 0 bridgehead atoms. The van der Waals surface area contributed by atoms with Gasteiger partial charge in [0.05, 0.1) is 6.61 Å². The van der Waals surface area contributed by atoms with Gasteiger partial charge in [0.25, 0.3) is 0 Å². The van der Waals surface area contributed by atoms with Crippen molar-refractivity contribution >= 4 is 0 Å². The Morgan fingerprint density at radius 2 is 2.05 bits per heavy atom. The van der Waals surface area contributed by atoms with Crippen LogP contribution in [0.25, 0.3) is 0 Å². The molecule has 0 spiro atoms. The molecule has 0 saturated heterocycles. The summed E-state index contributed by atoms with van der Waals surface area (Å²) in [6.45, 7) is 1.93. The van der Waals surface area contributed by atoms with Gasteiger partial charge in [-0.25, -0.2) is 4.39 Å². The third-order valence-electron chi connectivity index (χ3n) is 2.34. The highest BCUT2D eigenvalue weighted by Crippen LogP contribution is 2.36. The number of halogens is 4. The summed E-state index contributed by atoms with van der Waals surface area (Å²) < 4.78 is 55.9. The van der Waals surface area contributed by atoms with Gasteiger partial charge >= 0.3 is 6.18 Å². The van der Waals surface area contributed by atoms with Crippen LogP contribution in [-0.2, 0) is 6.18 Å². The predicted octanol–water partition coefficient (Wildman–Crippen LogP) is 2.19. The largest absolute Gasteiger partial charge is 0.491 e. The molecular formula is C12H15F4NO2. The van der Waals surface area contributed by atoms with E-state index in [-0.39, 0.29) is 19.3 Å². The molecule has 0 fully saturated rings. The molecular weight excluding hydrogens is 266 g/mol. The molecule has 1 aromatic carbocycles. The van der Waals surface area contributed by atoms with Crippen molar-refractivity contribution in [1.82, 2.24) is 5.32 Å². The summed E-state index contributed by atoms with van der Waals surface area (Å²) >= 11 is 0. The van der Waals surface area contributed by atoms with Crippen molar-refractivity contribution in [2.24, 2.45) is 0 Å². The maximum Gasteiger partial charge on any atom is 0.420 e. The fraction of sp³-hybridized carbons (Fsp3) is 0.500. The molecule has 7 heteroatoms. The molecule has 3 nitrogen and oxygen atoms in total. The zero-order chi connectivity index (χ0) is 14.5. The van der Waals surface area contributed by atoms with E-state index in [1.165, 1.54) is 0 Å². The molecule has 0 aliphatic rings. The van der Waals surface area contributed by atoms with Crippen LogP contribution in [-0.4, -0.2) is 30.9 Å². The summed E-state index contributed by atoms with van der Waals surface area (Å²) in [4.78, 5) is 0. The topological polar surface area (TPSA) is 41.5 Å². The number of alkyl halides is 3. The first-order valence-corrected chi connectivity index (χ1v) is 5.68. The molecule has 1 unspecified atom stereocenters. The molecule has 1 rings (SSSR count). The predicted molar refractivity (Wildman–Crippen MR) is 61.4 cm³/mol. The number of rotatable bonds is 6. The molecule has 0 aliphatic carbocycles. The number of hydrogen-bond acceptors (Lipinski definition) is 3. The normalized spacial score (nSPS) is 13.4. The van der Waals surface area contributed by atoms with Gasteiger partial charge in [-0.3, -0.25) is 0 Å². The number of hydrogen-bond donors (Lipinski definition) is 2. The van der Waals surface area contributed by atoms with Crippen molar-refractivity contribution in [3.05, 3.63) is 29.6 Å². The first-order chi connectivity index (χ1) is 8.84. The second-order valence-corrected chi connectivity index (χ2v) is 4.03. The smallest absolute Gasteiger partial charge is 0.420 e. The summed E-state index contributed by atoms with van der Waals surface area (Å²) in [6.07, 6.45) is -4.67. The van der Waals surface area contributed by atoms with E-state index in [1.807, 2.05) is 0 Å². The van der Waals surface area contributed by atoms with E-state index in [0.29, 0.717) is 12.6 Å². The van der Waals surface area contributed by atoms with Crippen LogP contribution in [0.3, 0.4) is 0 Å².